The summed E-state index contributed by atoms with van der Waals surface area (Å²) in [5.41, 5.74) is 2.27. The van der Waals surface area contributed by atoms with Crippen LogP contribution < -0.4 is 15.4 Å². The highest BCUT2D eigenvalue weighted by atomic mass is 16.5. The first kappa shape index (κ1) is 17.9. The summed E-state index contributed by atoms with van der Waals surface area (Å²) in [6, 6.07) is 18.8. The number of nitrogens with zero attached hydrogens (tertiary/aromatic N) is 1. The molecule has 2 aromatic rings. The number of para-hydroxylation sites is 1. The molecule has 2 aliphatic rings. The molecule has 2 fully saturated rings. The summed E-state index contributed by atoms with van der Waals surface area (Å²) in [5, 5.41) is 6.83. The Balaban J connectivity index is 1.28. The highest BCUT2D eigenvalue weighted by molar-refractivity contribution is 5.80. The van der Waals surface area contributed by atoms with E-state index in [4.69, 9.17) is 9.47 Å². The minimum atomic E-state index is 0.336. The Morgan fingerprint density at radius 1 is 1.11 bits per heavy atom. The predicted molar refractivity (Wildman–Crippen MR) is 108 cm³/mol. The van der Waals surface area contributed by atoms with Gasteiger partial charge in [-0.25, -0.2) is 0 Å². The maximum Gasteiger partial charge on any atom is 0.191 e. The average Bonchev–Trinajstić information content (AvgIpc) is 3.34. The molecule has 27 heavy (non-hydrogen) atoms. The molecule has 2 heterocycles. The van der Waals surface area contributed by atoms with Crippen LogP contribution in [0.25, 0.3) is 11.1 Å². The van der Waals surface area contributed by atoms with E-state index in [-0.39, 0.29) is 0 Å². The summed E-state index contributed by atoms with van der Waals surface area (Å²) >= 11 is 0. The molecule has 0 saturated carbocycles. The molecular weight excluding hydrogens is 338 g/mol. The molecule has 3 unspecified atom stereocenters. The fourth-order valence-corrected chi connectivity index (χ4v) is 3.94. The van der Waals surface area contributed by atoms with E-state index in [1.54, 1.807) is 7.05 Å². The molecule has 4 rings (SSSR count). The second kappa shape index (κ2) is 8.44. The SMILES string of the molecule is CN=C(NCCOc1ccccc1-c1ccccc1)NC1CC2CCC1O2. The Morgan fingerprint density at radius 3 is 2.67 bits per heavy atom. The van der Waals surface area contributed by atoms with Crippen LogP contribution in [0.5, 0.6) is 5.75 Å². The number of benzene rings is 2. The number of guanidine groups is 1. The number of hydrogen-bond acceptors (Lipinski definition) is 3. The number of fused-ring (bicyclic) bond motifs is 2. The van der Waals surface area contributed by atoms with E-state index < -0.39 is 0 Å². The van der Waals surface area contributed by atoms with Crippen molar-refractivity contribution in [2.24, 2.45) is 4.99 Å². The second-order valence-electron chi connectivity index (χ2n) is 7.07. The molecule has 5 heteroatoms. The largest absolute Gasteiger partial charge is 0.491 e. The Labute approximate surface area is 160 Å². The third-order valence-electron chi connectivity index (χ3n) is 5.28. The summed E-state index contributed by atoms with van der Waals surface area (Å²) in [7, 11) is 1.80. The molecule has 2 bridgehead atoms. The molecule has 3 atom stereocenters. The topological polar surface area (TPSA) is 54.9 Å². The molecule has 2 saturated heterocycles. The van der Waals surface area contributed by atoms with Gasteiger partial charge in [-0.3, -0.25) is 4.99 Å². The van der Waals surface area contributed by atoms with Crippen LogP contribution in [0.1, 0.15) is 19.3 Å². The summed E-state index contributed by atoms with van der Waals surface area (Å²) in [6.07, 6.45) is 4.19. The van der Waals surface area contributed by atoms with Crippen molar-refractivity contribution in [2.45, 2.75) is 37.5 Å². The Hall–Kier alpha value is -2.53. The number of rotatable bonds is 6. The van der Waals surface area contributed by atoms with Crippen LogP contribution in [0.2, 0.25) is 0 Å². The normalized spacial score (nSPS) is 24.0. The molecule has 0 aromatic heterocycles. The summed E-state index contributed by atoms with van der Waals surface area (Å²) in [6.45, 7) is 1.25. The highest BCUT2D eigenvalue weighted by Gasteiger charge is 2.41. The monoisotopic (exact) mass is 365 g/mol. The van der Waals surface area contributed by atoms with Gasteiger partial charge in [0.2, 0.25) is 0 Å². The summed E-state index contributed by atoms with van der Waals surface area (Å²) in [5.74, 6) is 1.71. The van der Waals surface area contributed by atoms with E-state index in [0.717, 1.165) is 35.7 Å². The average molecular weight is 365 g/mol. The minimum absolute atomic E-state index is 0.336. The lowest BCUT2D eigenvalue weighted by Gasteiger charge is -2.22. The van der Waals surface area contributed by atoms with Gasteiger partial charge < -0.3 is 20.1 Å². The van der Waals surface area contributed by atoms with Gasteiger partial charge in [-0.1, -0.05) is 48.5 Å². The maximum atomic E-state index is 6.04. The quantitative estimate of drug-likeness (QED) is 0.469. The lowest BCUT2D eigenvalue weighted by molar-refractivity contribution is 0.0992. The number of nitrogens with one attached hydrogen (secondary N) is 2. The van der Waals surface area contributed by atoms with Crippen molar-refractivity contribution < 1.29 is 9.47 Å². The lowest BCUT2D eigenvalue weighted by Crippen LogP contribution is -2.48. The van der Waals surface area contributed by atoms with Crippen molar-refractivity contribution in [3.8, 4) is 16.9 Å². The van der Waals surface area contributed by atoms with Crippen LogP contribution >= 0.6 is 0 Å². The summed E-state index contributed by atoms with van der Waals surface area (Å²) in [4.78, 5) is 4.33. The van der Waals surface area contributed by atoms with Gasteiger partial charge in [-0.05, 0) is 30.9 Å². The van der Waals surface area contributed by atoms with Gasteiger partial charge in [-0.15, -0.1) is 0 Å². The molecule has 2 N–H and O–H groups in total. The van der Waals surface area contributed by atoms with Gasteiger partial charge in [0.05, 0.1) is 24.8 Å². The zero-order valence-corrected chi connectivity index (χ0v) is 15.7. The first-order chi connectivity index (χ1) is 13.3. The molecular formula is C22H27N3O2. The van der Waals surface area contributed by atoms with Crippen LogP contribution in [0, 0.1) is 0 Å². The maximum absolute atomic E-state index is 6.04. The molecule has 0 amide bonds. The third-order valence-corrected chi connectivity index (χ3v) is 5.28. The van der Waals surface area contributed by atoms with Crippen LogP contribution in [0.3, 0.4) is 0 Å². The van der Waals surface area contributed by atoms with E-state index in [9.17, 15) is 0 Å². The van der Waals surface area contributed by atoms with Gasteiger partial charge >= 0.3 is 0 Å². The van der Waals surface area contributed by atoms with Crippen LogP contribution in [-0.4, -0.2) is 44.4 Å². The van der Waals surface area contributed by atoms with Crippen LogP contribution in [-0.2, 0) is 4.74 Å². The lowest BCUT2D eigenvalue weighted by atomic mass is 9.96. The number of ether oxygens (including phenoxy) is 2. The zero-order chi connectivity index (χ0) is 18.5. The van der Waals surface area contributed by atoms with Crippen LogP contribution in [0.4, 0.5) is 0 Å². The molecule has 0 radical (unpaired) electrons. The van der Waals surface area contributed by atoms with Crippen molar-refractivity contribution in [2.75, 3.05) is 20.2 Å². The van der Waals surface area contributed by atoms with E-state index in [0.29, 0.717) is 31.4 Å². The van der Waals surface area contributed by atoms with Crippen molar-refractivity contribution >= 4 is 5.96 Å². The number of aliphatic imine (C=N–C) groups is 1. The Morgan fingerprint density at radius 2 is 1.93 bits per heavy atom. The van der Waals surface area contributed by atoms with E-state index in [1.165, 1.54) is 6.42 Å². The smallest absolute Gasteiger partial charge is 0.191 e. The van der Waals surface area contributed by atoms with Crippen molar-refractivity contribution in [3.05, 3.63) is 54.6 Å². The first-order valence-electron chi connectivity index (χ1n) is 9.73. The first-order valence-corrected chi connectivity index (χ1v) is 9.73. The van der Waals surface area contributed by atoms with Gasteiger partial charge in [0, 0.05) is 12.6 Å². The minimum Gasteiger partial charge on any atom is -0.491 e. The molecule has 142 valence electrons. The zero-order valence-electron chi connectivity index (χ0n) is 15.7. The molecule has 2 aromatic carbocycles. The fraction of sp³-hybridized carbons (Fsp3) is 0.409. The number of hydrogen-bond donors (Lipinski definition) is 2. The highest BCUT2D eigenvalue weighted by Crippen LogP contribution is 2.34. The van der Waals surface area contributed by atoms with Crippen molar-refractivity contribution in [1.29, 1.82) is 0 Å². The molecule has 5 nitrogen and oxygen atoms in total. The van der Waals surface area contributed by atoms with E-state index in [1.807, 2.05) is 36.4 Å². The van der Waals surface area contributed by atoms with E-state index in [2.05, 4.69) is 33.8 Å². The molecule has 2 aliphatic heterocycles. The van der Waals surface area contributed by atoms with Crippen LogP contribution in [0.15, 0.2) is 59.6 Å². The third kappa shape index (κ3) is 4.25. The summed E-state index contributed by atoms with van der Waals surface area (Å²) < 4.78 is 11.9. The van der Waals surface area contributed by atoms with Gasteiger partial charge in [0.15, 0.2) is 5.96 Å². The Bertz CT molecular complexity index is 778. The fourth-order valence-electron chi connectivity index (χ4n) is 3.94. The molecule has 0 spiro atoms. The van der Waals surface area contributed by atoms with Gasteiger partial charge in [0.1, 0.15) is 12.4 Å². The predicted octanol–water partition coefficient (Wildman–Crippen LogP) is 3.22. The van der Waals surface area contributed by atoms with Gasteiger partial charge in [0.25, 0.3) is 0 Å². The molecule has 0 aliphatic carbocycles. The second-order valence-corrected chi connectivity index (χ2v) is 7.07. The van der Waals surface area contributed by atoms with E-state index >= 15 is 0 Å². The van der Waals surface area contributed by atoms with Crippen molar-refractivity contribution in [1.82, 2.24) is 10.6 Å². The van der Waals surface area contributed by atoms with Gasteiger partial charge in [-0.2, -0.15) is 0 Å². The standard InChI is InChI=1S/C22H27N3O2/c1-23-22(25-19-15-17-11-12-21(19)27-17)24-13-14-26-20-10-6-5-9-18(20)16-7-3-2-4-8-16/h2-10,17,19,21H,11-15H2,1H3,(H2,23,24,25). The Kier molecular flexibility index (Phi) is 5.58. The van der Waals surface area contributed by atoms with Crippen molar-refractivity contribution in [3.63, 3.8) is 0 Å².